The number of amidine groups is 1. The van der Waals surface area contributed by atoms with Gasteiger partial charge >= 0.3 is 0 Å². The minimum absolute atomic E-state index is 0. The first kappa shape index (κ1) is 38.8. The van der Waals surface area contributed by atoms with E-state index < -0.39 is 0 Å². The minimum Gasteiger partial charge on any atom is -0.456 e. The Morgan fingerprint density at radius 3 is 1.82 bits per heavy atom. The third-order valence-electron chi connectivity index (χ3n) is 10.3. The van der Waals surface area contributed by atoms with Crippen molar-refractivity contribution in [3.05, 3.63) is 198 Å². The number of hydrogen-bond acceptors (Lipinski definition) is 4. The van der Waals surface area contributed by atoms with E-state index in [0.717, 1.165) is 56.2 Å². The van der Waals surface area contributed by atoms with E-state index in [1.807, 2.05) is 23.2 Å². The van der Waals surface area contributed by atoms with Crippen LogP contribution >= 0.6 is 0 Å². The third-order valence-corrected chi connectivity index (χ3v) is 10.3. The molecule has 6 heteroatoms. The number of rotatable bonds is 8. The fourth-order valence-corrected chi connectivity index (χ4v) is 7.58. The zero-order valence-electron chi connectivity index (χ0n) is 32.7. The molecule has 7 aromatic rings. The molecule has 0 unspecified atom stereocenters. The van der Waals surface area contributed by atoms with Gasteiger partial charge in [-0.1, -0.05) is 146 Å². The molecule has 0 aliphatic carbocycles. The van der Waals surface area contributed by atoms with Crippen LogP contribution in [0, 0.1) is 39.6 Å². The molecule has 0 radical (unpaired) electrons. The van der Waals surface area contributed by atoms with Gasteiger partial charge in [-0.25, -0.2) is 0 Å². The first-order valence-electron chi connectivity index (χ1n) is 19.0. The van der Waals surface area contributed by atoms with Gasteiger partial charge in [-0.05, 0) is 61.2 Å². The molecular formula is C50H44BN4Pt-3. The Hall–Kier alpha value is -5.51. The number of benzene rings is 6. The summed E-state index contributed by atoms with van der Waals surface area (Å²) in [6.45, 7) is 15.3. The summed E-state index contributed by atoms with van der Waals surface area (Å²) in [5, 5.41) is 7.11. The SMILES string of the molecule is Cc1cc(C)c(B(c2[c-]c(-c3cc(C(C)(C)C)cc(-c4ccccc4)n3)ccc2)c2[c-]c(N3[CH-]N(c4ccccc4)C(c4ccccc4)=N3)ccc2)c(C)c1.[Pt]. The van der Waals surface area contributed by atoms with Crippen molar-refractivity contribution in [2.45, 2.75) is 47.0 Å². The van der Waals surface area contributed by atoms with E-state index in [-0.39, 0.29) is 33.2 Å². The van der Waals surface area contributed by atoms with E-state index in [0.29, 0.717) is 0 Å². The van der Waals surface area contributed by atoms with Crippen LogP contribution in [0.5, 0.6) is 0 Å². The molecule has 56 heavy (non-hydrogen) atoms. The van der Waals surface area contributed by atoms with Gasteiger partial charge in [0.1, 0.15) is 5.84 Å². The van der Waals surface area contributed by atoms with Crippen LogP contribution < -0.4 is 26.3 Å². The summed E-state index contributed by atoms with van der Waals surface area (Å²) < 4.78 is 0. The second kappa shape index (κ2) is 16.3. The van der Waals surface area contributed by atoms with Crippen LogP contribution in [0.1, 0.15) is 48.6 Å². The topological polar surface area (TPSA) is 31.7 Å². The smallest absolute Gasteiger partial charge is 0.198 e. The van der Waals surface area contributed by atoms with Gasteiger partial charge in [0.15, 0.2) is 6.71 Å². The van der Waals surface area contributed by atoms with Gasteiger partial charge < -0.3 is 9.91 Å². The van der Waals surface area contributed by atoms with Crippen molar-refractivity contribution in [2.24, 2.45) is 5.10 Å². The van der Waals surface area contributed by atoms with Gasteiger partial charge in [-0.2, -0.15) is 34.2 Å². The average molecular weight is 907 g/mol. The average Bonchev–Trinajstić information content (AvgIpc) is 3.66. The fourth-order valence-electron chi connectivity index (χ4n) is 7.58. The molecule has 0 N–H and O–H groups in total. The van der Waals surface area contributed by atoms with E-state index in [9.17, 15) is 0 Å². The van der Waals surface area contributed by atoms with Crippen molar-refractivity contribution in [3.63, 3.8) is 0 Å². The van der Waals surface area contributed by atoms with Gasteiger partial charge in [0.05, 0.1) is 5.69 Å². The van der Waals surface area contributed by atoms with Crippen molar-refractivity contribution in [1.29, 1.82) is 0 Å². The zero-order chi connectivity index (χ0) is 38.1. The number of hydrogen-bond donors (Lipinski definition) is 0. The maximum Gasteiger partial charge on any atom is 0.198 e. The molecule has 0 spiro atoms. The number of aromatic nitrogens is 1. The first-order chi connectivity index (χ1) is 26.6. The Labute approximate surface area is 347 Å². The second-order valence-electron chi connectivity index (χ2n) is 15.5. The first-order valence-corrected chi connectivity index (χ1v) is 19.0. The summed E-state index contributed by atoms with van der Waals surface area (Å²) in [5.74, 6) is 0.855. The monoisotopic (exact) mass is 906 g/mol. The van der Waals surface area contributed by atoms with E-state index >= 15 is 0 Å². The predicted molar refractivity (Wildman–Crippen MR) is 232 cm³/mol. The largest absolute Gasteiger partial charge is 0.456 e. The molecule has 2 heterocycles. The Bertz CT molecular complexity index is 2470. The summed E-state index contributed by atoms with van der Waals surface area (Å²) in [6, 6.07) is 60.8. The van der Waals surface area contributed by atoms with Gasteiger partial charge in [0.2, 0.25) is 0 Å². The molecule has 1 aromatic heterocycles. The molecule has 0 saturated carbocycles. The van der Waals surface area contributed by atoms with Crippen LogP contribution in [0.4, 0.5) is 11.4 Å². The number of hydrazone groups is 1. The molecule has 8 rings (SSSR count). The Morgan fingerprint density at radius 1 is 0.607 bits per heavy atom. The zero-order valence-corrected chi connectivity index (χ0v) is 35.0. The van der Waals surface area contributed by atoms with Crippen LogP contribution in [0.2, 0.25) is 0 Å². The molecule has 1 aliphatic rings. The number of para-hydroxylation sites is 1. The third kappa shape index (κ3) is 8.06. The van der Waals surface area contributed by atoms with Crippen molar-refractivity contribution in [2.75, 3.05) is 9.91 Å². The predicted octanol–water partition coefficient (Wildman–Crippen LogP) is 9.56. The van der Waals surface area contributed by atoms with E-state index in [4.69, 9.17) is 10.1 Å². The maximum absolute atomic E-state index is 5.24. The van der Waals surface area contributed by atoms with E-state index in [1.54, 1.807) is 0 Å². The second-order valence-corrected chi connectivity index (χ2v) is 15.5. The van der Waals surface area contributed by atoms with Crippen LogP contribution in [-0.4, -0.2) is 17.5 Å². The van der Waals surface area contributed by atoms with Gasteiger partial charge in [-0.3, -0.25) is 4.98 Å². The summed E-state index contributed by atoms with van der Waals surface area (Å²) >= 11 is 0. The van der Waals surface area contributed by atoms with Crippen LogP contribution in [-0.2, 0) is 26.5 Å². The quantitative estimate of drug-likeness (QED) is 0.113. The molecule has 4 nitrogen and oxygen atoms in total. The van der Waals surface area contributed by atoms with Gasteiger partial charge in [-0.15, -0.1) is 42.6 Å². The van der Waals surface area contributed by atoms with Crippen LogP contribution in [0.15, 0.2) is 157 Å². The number of anilines is 2. The van der Waals surface area contributed by atoms with Gasteiger partial charge in [0.25, 0.3) is 0 Å². The van der Waals surface area contributed by atoms with E-state index in [2.05, 4.69) is 199 Å². The molecule has 0 atom stereocenters. The maximum atomic E-state index is 5.24. The van der Waals surface area contributed by atoms with E-state index in [1.165, 1.54) is 27.7 Å². The van der Waals surface area contributed by atoms with Crippen molar-refractivity contribution < 1.29 is 21.1 Å². The molecular weight excluding hydrogens is 862 g/mol. The minimum atomic E-state index is -0.134. The number of nitrogens with zero attached hydrogens (tertiary/aromatic N) is 4. The molecule has 0 saturated heterocycles. The van der Waals surface area contributed by atoms with Crippen LogP contribution in [0.3, 0.4) is 0 Å². The molecule has 6 aromatic carbocycles. The Balaban J connectivity index is 0.00000480. The molecule has 280 valence electrons. The number of pyridine rings is 1. The van der Waals surface area contributed by atoms with Crippen molar-refractivity contribution in [3.8, 4) is 22.5 Å². The van der Waals surface area contributed by atoms with Crippen molar-refractivity contribution in [1.82, 2.24) is 4.98 Å². The Morgan fingerprint density at radius 2 is 1.18 bits per heavy atom. The van der Waals surface area contributed by atoms with Crippen LogP contribution in [0.25, 0.3) is 22.5 Å². The molecule has 0 bridgehead atoms. The fraction of sp³-hybridized carbons (Fsp3) is 0.140. The number of aryl methyl sites for hydroxylation is 3. The van der Waals surface area contributed by atoms with Crippen molar-refractivity contribution >= 4 is 40.3 Å². The standard InChI is InChI=1S/C50H44BN4.Pt/c1-35-28-36(2)48(37(3)29-35)51(42-23-16-22-40(30-42)47-32-41(50(4,5)6)31-46(52-47)38-18-10-7-11-19-38)43-24-17-27-45(33-43)55-34-54(44-25-14-9-15-26-44)49(53-55)39-20-12-8-13-21-39;/h7-29,31-32,34H,1-6H3;/q-3;. The molecule has 0 fully saturated rings. The molecule has 1 aliphatic heterocycles. The summed E-state index contributed by atoms with van der Waals surface area (Å²) in [4.78, 5) is 7.38. The Kier molecular flexibility index (Phi) is 11.3. The normalized spacial score (nSPS) is 12.6. The summed E-state index contributed by atoms with van der Waals surface area (Å²) in [7, 11) is 0. The summed E-state index contributed by atoms with van der Waals surface area (Å²) in [6.07, 6.45) is 0. The molecule has 0 amide bonds. The van der Waals surface area contributed by atoms with Gasteiger partial charge in [0, 0.05) is 32.3 Å². The summed E-state index contributed by atoms with van der Waals surface area (Å²) in [5.41, 5.74) is 15.2.